The number of rotatable bonds is 8. The quantitative estimate of drug-likeness (QED) is 0.254. The molecule has 0 aliphatic carbocycles. The average molecular weight is 491 g/mol. The van der Waals surface area contributed by atoms with E-state index in [0.717, 1.165) is 11.1 Å². The second-order valence-electron chi connectivity index (χ2n) is 8.97. The maximum absolute atomic E-state index is 12.4. The maximum atomic E-state index is 12.4. The largest absolute Gasteiger partial charge is 0.541 e. The number of hydrogen-bond donors (Lipinski definition) is 0. The smallest absolute Gasteiger partial charge is 0.534 e. The Morgan fingerprint density at radius 2 is 1.41 bits per heavy atom. The third-order valence-corrected chi connectivity index (χ3v) is 10.8. The summed E-state index contributed by atoms with van der Waals surface area (Å²) in [6, 6.07) is 11.2. The second kappa shape index (κ2) is 9.34. The van der Waals surface area contributed by atoms with Crippen molar-refractivity contribution in [1.82, 2.24) is 0 Å². The minimum Gasteiger partial charge on any atom is -0.541 e. The Balaban J connectivity index is 2.07. The fourth-order valence-corrected chi connectivity index (χ4v) is 4.04. The van der Waals surface area contributed by atoms with Gasteiger partial charge in [0.05, 0.1) is 7.11 Å². The topological polar surface area (TPSA) is 61.8 Å². The number of aryl methyl sites for hydroxylation is 2. The number of benzene rings is 2. The van der Waals surface area contributed by atoms with Crippen molar-refractivity contribution in [3.05, 3.63) is 53.6 Å². The lowest BCUT2D eigenvalue weighted by molar-refractivity contribution is -0.0500. The molecule has 0 atom stereocenters. The van der Waals surface area contributed by atoms with Gasteiger partial charge in [-0.25, -0.2) is 0 Å². The van der Waals surface area contributed by atoms with Gasteiger partial charge in [-0.1, -0.05) is 39.0 Å². The van der Waals surface area contributed by atoms with E-state index in [0.29, 0.717) is 24.3 Å². The van der Waals surface area contributed by atoms with Crippen LogP contribution in [-0.2, 0) is 23.0 Å². The lowest BCUT2D eigenvalue weighted by atomic mass is 10.0. The fourth-order valence-electron chi connectivity index (χ4n) is 2.55. The van der Waals surface area contributed by atoms with E-state index in [1.54, 1.807) is 7.11 Å². The van der Waals surface area contributed by atoms with Crippen LogP contribution in [0.4, 0.5) is 13.2 Å². The van der Waals surface area contributed by atoms with Crippen LogP contribution in [0.25, 0.3) is 0 Å². The SMILES string of the molecule is COc1cc(CCc2ccc(OS(=O)(=O)C(F)(F)F)cc2)ccc1O[Si](C)(C)C(C)(C)C. The van der Waals surface area contributed by atoms with E-state index in [-0.39, 0.29) is 10.8 Å². The Bertz CT molecular complexity index is 1030. The van der Waals surface area contributed by atoms with E-state index in [1.165, 1.54) is 24.3 Å². The highest BCUT2D eigenvalue weighted by Gasteiger charge is 2.48. The Hall–Kier alpha value is -2.20. The summed E-state index contributed by atoms with van der Waals surface area (Å²) in [6.07, 6.45) is 1.25. The van der Waals surface area contributed by atoms with Crippen LogP contribution in [0.15, 0.2) is 42.5 Å². The van der Waals surface area contributed by atoms with Gasteiger partial charge >= 0.3 is 15.6 Å². The van der Waals surface area contributed by atoms with Crippen molar-refractivity contribution in [2.45, 2.75) is 57.3 Å². The van der Waals surface area contributed by atoms with Gasteiger partial charge in [-0.15, -0.1) is 0 Å². The molecule has 178 valence electrons. The predicted molar refractivity (Wildman–Crippen MR) is 120 cm³/mol. The molecule has 32 heavy (non-hydrogen) atoms. The van der Waals surface area contributed by atoms with Crippen molar-refractivity contribution in [3.8, 4) is 17.2 Å². The molecule has 0 N–H and O–H groups in total. The number of alkyl halides is 3. The molecule has 5 nitrogen and oxygen atoms in total. The molecule has 0 fully saturated rings. The molecule has 0 spiro atoms. The first-order chi connectivity index (χ1) is 14.6. The van der Waals surface area contributed by atoms with Crippen LogP contribution in [0.3, 0.4) is 0 Å². The van der Waals surface area contributed by atoms with Gasteiger partial charge in [-0.05, 0) is 66.4 Å². The van der Waals surface area contributed by atoms with Crippen LogP contribution in [-0.4, -0.2) is 29.4 Å². The third kappa shape index (κ3) is 6.41. The molecule has 0 saturated carbocycles. The summed E-state index contributed by atoms with van der Waals surface area (Å²) in [4.78, 5) is 0. The highest BCUT2D eigenvalue weighted by Crippen LogP contribution is 2.40. The van der Waals surface area contributed by atoms with E-state index < -0.39 is 23.9 Å². The first kappa shape index (κ1) is 26.1. The molecular formula is C22H29F3O5SSi. The fraction of sp³-hybridized carbons (Fsp3) is 0.455. The Labute approximate surface area is 188 Å². The lowest BCUT2D eigenvalue weighted by Crippen LogP contribution is -2.43. The summed E-state index contributed by atoms with van der Waals surface area (Å²) in [6.45, 7) is 10.8. The molecule has 0 aliphatic rings. The number of methoxy groups -OCH3 is 1. The monoisotopic (exact) mass is 490 g/mol. The van der Waals surface area contributed by atoms with E-state index in [1.807, 2.05) is 18.2 Å². The van der Waals surface area contributed by atoms with Crippen LogP contribution < -0.4 is 13.3 Å². The molecule has 0 radical (unpaired) electrons. The molecule has 2 aromatic rings. The molecule has 2 rings (SSSR count). The number of ether oxygens (including phenoxy) is 1. The summed E-state index contributed by atoms with van der Waals surface area (Å²) in [5, 5.41) is 0.0476. The molecule has 10 heteroatoms. The van der Waals surface area contributed by atoms with Crippen molar-refractivity contribution in [1.29, 1.82) is 0 Å². The number of halogens is 3. The van der Waals surface area contributed by atoms with Crippen LogP contribution in [0, 0.1) is 0 Å². The summed E-state index contributed by atoms with van der Waals surface area (Å²) in [5.74, 6) is 0.962. The molecule has 0 aromatic heterocycles. The zero-order valence-corrected chi connectivity index (χ0v) is 20.9. The minimum absolute atomic E-state index is 0.0476. The zero-order chi connectivity index (χ0) is 24.4. The van der Waals surface area contributed by atoms with Gasteiger partial charge in [0.1, 0.15) is 11.5 Å². The predicted octanol–water partition coefficient (Wildman–Crippen LogP) is 6.09. The lowest BCUT2D eigenvalue weighted by Gasteiger charge is -2.36. The van der Waals surface area contributed by atoms with Crippen molar-refractivity contribution in [2.75, 3.05) is 7.11 Å². The molecule has 0 saturated heterocycles. The summed E-state index contributed by atoms with van der Waals surface area (Å²) in [5.41, 5.74) is -3.64. The van der Waals surface area contributed by atoms with Gasteiger partial charge in [0.15, 0.2) is 5.75 Å². The molecule has 0 aliphatic heterocycles. The summed E-state index contributed by atoms with van der Waals surface area (Å²) >= 11 is 0. The maximum Gasteiger partial charge on any atom is 0.534 e. The van der Waals surface area contributed by atoms with Gasteiger partial charge in [-0.3, -0.25) is 0 Å². The minimum atomic E-state index is -5.68. The molecule has 0 amide bonds. The van der Waals surface area contributed by atoms with E-state index in [4.69, 9.17) is 9.16 Å². The first-order valence-corrected chi connectivity index (χ1v) is 14.3. The highest BCUT2D eigenvalue weighted by molar-refractivity contribution is 7.88. The first-order valence-electron chi connectivity index (χ1n) is 10.0. The van der Waals surface area contributed by atoms with Crippen molar-refractivity contribution in [3.63, 3.8) is 0 Å². The van der Waals surface area contributed by atoms with Crippen LogP contribution in [0.2, 0.25) is 18.1 Å². The molecule has 0 heterocycles. The van der Waals surface area contributed by atoms with Crippen LogP contribution in [0.1, 0.15) is 31.9 Å². The van der Waals surface area contributed by atoms with Crippen LogP contribution >= 0.6 is 0 Å². The van der Waals surface area contributed by atoms with Gasteiger partial charge in [0.25, 0.3) is 8.32 Å². The van der Waals surface area contributed by atoms with Crippen molar-refractivity contribution in [2.24, 2.45) is 0 Å². The molecule has 0 bridgehead atoms. The standard InChI is InChI=1S/C22H29F3O5SSi/c1-21(2,3)32(5,6)30-19-14-11-17(15-20(19)28-4)8-7-16-9-12-18(13-10-16)29-31(26,27)22(23,24)25/h9-15H,7-8H2,1-6H3. The van der Waals surface area contributed by atoms with Gasteiger partial charge in [0, 0.05) is 0 Å². The molecule has 0 unspecified atom stereocenters. The van der Waals surface area contributed by atoms with Gasteiger partial charge < -0.3 is 13.3 Å². The van der Waals surface area contributed by atoms with Gasteiger partial charge in [-0.2, -0.15) is 21.6 Å². The van der Waals surface area contributed by atoms with E-state index >= 15 is 0 Å². The zero-order valence-electron chi connectivity index (χ0n) is 19.0. The van der Waals surface area contributed by atoms with Crippen molar-refractivity contribution >= 4 is 18.4 Å². The Morgan fingerprint density at radius 3 is 1.91 bits per heavy atom. The average Bonchev–Trinajstić information content (AvgIpc) is 2.66. The third-order valence-electron chi connectivity index (χ3n) is 5.51. The number of hydrogen-bond acceptors (Lipinski definition) is 5. The highest BCUT2D eigenvalue weighted by atomic mass is 32.2. The molecule has 2 aromatic carbocycles. The Morgan fingerprint density at radius 1 is 0.875 bits per heavy atom. The Kier molecular flexibility index (Phi) is 7.61. The second-order valence-corrected chi connectivity index (χ2v) is 15.2. The summed E-state index contributed by atoms with van der Waals surface area (Å²) < 4.78 is 75.4. The molecular weight excluding hydrogens is 461 g/mol. The van der Waals surface area contributed by atoms with E-state index in [9.17, 15) is 21.6 Å². The van der Waals surface area contributed by atoms with Crippen LogP contribution in [0.5, 0.6) is 17.2 Å². The van der Waals surface area contributed by atoms with E-state index in [2.05, 4.69) is 38.0 Å². The van der Waals surface area contributed by atoms with Crippen molar-refractivity contribution < 1.29 is 34.9 Å². The normalized spacial score (nSPS) is 13.0. The summed E-state index contributed by atoms with van der Waals surface area (Å²) in [7, 11) is -6.11. The van der Waals surface area contributed by atoms with Gasteiger partial charge in [0.2, 0.25) is 0 Å².